The summed E-state index contributed by atoms with van der Waals surface area (Å²) < 4.78 is 5.42. The fraction of sp³-hybridized carbons (Fsp3) is 0.417. The number of carbonyl (C=O) groups excluding carboxylic acids is 1. The lowest BCUT2D eigenvalue weighted by Crippen LogP contribution is -2.34. The van der Waals surface area contributed by atoms with Crippen LogP contribution in [-0.4, -0.2) is 19.0 Å². The standard InChI is InChI=1S/C12H12O2/c1-14-10-5-4-9(13)11-6-2-3-7-12(10,11)8-11/h2-7,10H,8H2,1H3. The van der Waals surface area contributed by atoms with E-state index in [4.69, 9.17) is 4.74 Å². The Hall–Kier alpha value is -1.15. The monoisotopic (exact) mass is 188 g/mol. The van der Waals surface area contributed by atoms with Crippen molar-refractivity contribution in [3.05, 3.63) is 36.5 Å². The van der Waals surface area contributed by atoms with Crippen molar-refractivity contribution in [3.63, 3.8) is 0 Å². The Morgan fingerprint density at radius 1 is 1.43 bits per heavy atom. The van der Waals surface area contributed by atoms with Gasteiger partial charge in [0.2, 0.25) is 0 Å². The van der Waals surface area contributed by atoms with Crippen molar-refractivity contribution >= 4 is 5.78 Å². The van der Waals surface area contributed by atoms with Gasteiger partial charge >= 0.3 is 0 Å². The molecule has 3 atom stereocenters. The number of carbonyl (C=O) groups is 1. The van der Waals surface area contributed by atoms with Crippen molar-refractivity contribution < 1.29 is 9.53 Å². The summed E-state index contributed by atoms with van der Waals surface area (Å²) in [5, 5.41) is 0. The number of ketones is 1. The molecule has 0 radical (unpaired) electrons. The van der Waals surface area contributed by atoms with Crippen LogP contribution in [0.4, 0.5) is 0 Å². The molecule has 0 aromatic carbocycles. The van der Waals surface area contributed by atoms with E-state index < -0.39 is 0 Å². The Morgan fingerprint density at radius 3 is 3.00 bits per heavy atom. The molecule has 2 heteroatoms. The van der Waals surface area contributed by atoms with Crippen molar-refractivity contribution in [2.75, 3.05) is 7.11 Å². The predicted molar refractivity (Wildman–Crippen MR) is 52.7 cm³/mol. The van der Waals surface area contributed by atoms with Gasteiger partial charge < -0.3 is 4.74 Å². The van der Waals surface area contributed by atoms with Gasteiger partial charge in [-0.2, -0.15) is 0 Å². The highest BCUT2D eigenvalue weighted by Crippen LogP contribution is 2.71. The summed E-state index contributed by atoms with van der Waals surface area (Å²) in [5.74, 6) is 0.228. The molecular weight excluding hydrogens is 176 g/mol. The third-order valence-corrected chi connectivity index (χ3v) is 3.79. The molecule has 0 spiro atoms. The zero-order valence-electron chi connectivity index (χ0n) is 8.07. The van der Waals surface area contributed by atoms with Crippen LogP contribution in [-0.2, 0) is 9.53 Å². The minimum absolute atomic E-state index is 0.0569. The quantitative estimate of drug-likeness (QED) is 0.625. The highest BCUT2D eigenvalue weighted by molar-refractivity contribution is 6.02. The first-order valence-electron chi connectivity index (χ1n) is 4.88. The smallest absolute Gasteiger partial charge is 0.166 e. The van der Waals surface area contributed by atoms with E-state index in [-0.39, 0.29) is 22.7 Å². The van der Waals surface area contributed by atoms with Crippen LogP contribution >= 0.6 is 0 Å². The van der Waals surface area contributed by atoms with Crippen molar-refractivity contribution in [1.29, 1.82) is 0 Å². The number of rotatable bonds is 1. The fourth-order valence-electron chi connectivity index (χ4n) is 2.92. The Morgan fingerprint density at radius 2 is 2.21 bits per heavy atom. The first kappa shape index (κ1) is 8.18. The molecule has 0 heterocycles. The summed E-state index contributed by atoms with van der Waals surface area (Å²) in [4.78, 5) is 11.8. The van der Waals surface area contributed by atoms with Gasteiger partial charge in [-0.15, -0.1) is 0 Å². The largest absolute Gasteiger partial charge is 0.376 e. The highest BCUT2D eigenvalue weighted by atomic mass is 16.5. The predicted octanol–water partition coefficient (Wildman–Crippen LogP) is 1.64. The molecule has 0 aromatic heterocycles. The third kappa shape index (κ3) is 0.663. The van der Waals surface area contributed by atoms with Crippen LogP contribution in [0.3, 0.4) is 0 Å². The van der Waals surface area contributed by atoms with Gasteiger partial charge in [-0.3, -0.25) is 4.79 Å². The lowest BCUT2D eigenvalue weighted by Gasteiger charge is -2.29. The maximum absolute atomic E-state index is 11.8. The molecule has 3 aliphatic rings. The van der Waals surface area contributed by atoms with Crippen LogP contribution in [0.5, 0.6) is 0 Å². The molecule has 3 rings (SSSR count). The van der Waals surface area contributed by atoms with E-state index in [0.717, 1.165) is 6.42 Å². The Bertz CT molecular complexity index is 391. The number of methoxy groups -OCH3 is 1. The first-order valence-corrected chi connectivity index (χ1v) is 4.88. The van der Waals surface area contributed by atoms with Gasteiger partial charge in [0.15, 0.2) is 5.78 Å². The fourth-order valence-corrected chi connectivity index (χ4v) is 2.92. The molecule has 1 saturated carbocycles. The first-order chi connectivity index (χ1) is 6.75. The number of ether oxygens (including phenoxy) is 1. The molecule has 72 valence electrons. The average Bonchev–Trinajstić information content (AvgIpc) is 2.90. The summed E-state index contributed by atoms with van der Waals surface area (Å²) in [7, 11) is 1.70. The molecule has 0 aliphatic heterocycles. The van der Waals surface area contributed by atoms with Crippen molar-refractivity contribution in [3.8, 4) is 0 Å². The Labute approximate surface area is 82.9 Å². The molecule has 0 aromatic rings. The molecular formula is C12H12O2. The summed E-state index contributed by atoms with van der Waals surface area (Å²) in [6.07, 6.45) is 12.7. The maximum Gasteiger partial charge on any atom is 0.166 e. The Balaban J connectivity index is 2.14. The minimum atomic E-state index is -0.267. The number of hydrogen-bond donors (Lipinski definition) is 0. The highest BCUT2D eigenvalue weighted by Gasteiger charge is 2.73. The number of hydrogen-bond acceptors (Lipinski definition) is 2. The molecule has 14 heavy (non-hydrogen) atoms. The van der Waals surface area contributed by atoms with E-state index in [0.29, 0.717) is 0 Å². The van der Waals surface area contributed by atoms with Gasteiger partial charge in [0.25, 0.3) is 0 Å². The van der Waals surface area contributed by atoms with Gasteiger partial charge in [-0.25, -0.2) is 0 Å². The SMILES string of the molecule is COC1C=CC(=O)C23C=CC=CC12C3. The van der Waals surface area contributed by atoms with Crippen LogP contribution in [0.2, 0.25) is 0 Å². The van der Waals surface area contributed by atoms with Crippen LogP contribution in [0.15, 0.2) is 36.5 Å². The van der Waals surface area contributed by atoms with E-state index in [1.54, 1.807) is 13.2 Å². The topological polar surface area (TPSA) is 26.3 Å². The molecule has 0 N–H and O–H groups in total. The second kappa shape index (κ2) is 2.26. The van der Waals surface area contributed by atoms with E-state index in [2.05, 4.69) is 6.08 Å². The molecule has 3 unspecified atom stereocenters. The van der Waals surface area contributed by atoms with Gasteiger partial charge in [-0.1, -0.05) is 30.4 Å². The second-order valence-electron chi connectivity index (χ2n) is 4.29. The summed E-state index contributed by atoms with van der Waals surface area (Å²) in [6.45, 7) is 0. The van der Waals surface area contributed by atoms with Crippen LogP contribution in [0.1, 0.15) is 6.42 Å². The van der Waals surface area contributed by atoms with Crippen molar-refractivity contribution in [1.82, 2.24) is 0 Å². The zero-order valence-corrected chi connectivity index (χ0v) is 8.07. The average molecular weight is 188 g/mol. The van der Waals surface area contributed by atoms with Crippen LogP contribution in [0, 0.1) is 10.8 Å². The minimum Gasteiger partial charge on any atom is -0.376 e. The molecule has 3 aliphatic carbocycles. The molecule has 1 fully saturated rings. The van der Waals surface area contributed by atoms with Gasteiger partial charge in [0.1, 0.15) is 0 Å². The lowest BCUT2D eigenvalue weighted by molar-refractivity contribution is -0.120. The van der Waals surface area contributed by atoms with Gasteiger partial charge in [-0.05, 0) is 12.5 Å². The summed E-state index contributed by atoms with van der Waals surface area (Å²) in [5.41, 5.74) is -0.334. The summed E-state index contributed by atoms with van der Waals surface area (Å²) in [6, 6.07) is 0. The number of allylic oxidation sites excluding steroid dienone is 4. The maximum atomic E-state index is 11.8. The molecule has 0 amide bonds. The lowest BCUT2D eigenvalue weighted by atomic mass is 9.78. The second-order valence-corrected chi connectivity index (χ2v) is 4.29. The normalized spacial score (nSPS) is 47.5. The summed E-state index contributed by atoms with van der Waals surface area (Å²) >= 11 is 0. The third-order valence-electron chi connectivity index (χ3n) is 3.79. The van der Waals surface area contributed by atoms with Crippen LogP contribution in [0.25, 0.3) is 0 Å². The van der Waals surface area contributed by atoms with Gasteiger partial charge in [0.05, 0.1) is 11.5 Å². The molecule has 2 nitrogen and oxygen atoms in total. The van der Waals surface area contributed by atoms with E-state index >= 15 is 0 Å². The van der Waals surface area contributed by atoms with Crippen molar-refractivity contribution in [2.45, 2.75) is 12.5 Å². The van der Waals surface area contributed by atoms with E-state index in [1.807, 2.05) is 24.3 Å². The Kier molecular flexibility index (Phi) is 1.32. The van der Waals surface area contributed by atoms with E-state index in [1.165, 1.54) is 0 Å². The van der Waals surface area contributed by atoms with Gasteiger partial charge in [0, 0.05) is 12.5 Å². The molecule has 0 saturated heterocycles. The van der Waals surface area contributed by atoms with E-state index in [9.17, 15) is 4.79 Å². The van der Waals surface area contributed by atoms with Crippen LogP contribution < -0.4 is 0 Å². The molecule has 0 bridgehead atoms. The zero-order chi connectivity index (χ0) is 9.81. The van der Waals surface area contributed by atoms with Crippen molar-refractivity contribution in [2.24, 2.45) is 10.8 Å².